The standard InChI is InChI=1S/C16H22N2O/c1-3-12(2)18-10-6-9-16(11-18)13-7-4-5-8-14(13)17-15(16)19/h4-5,7-8,12H,3,6,9-11H2,1-2H3,(H,17,19). The van der Waals surface area contributed by atoms with Gasteiger partial charge in [0.1, 0.15) is 0 Å². The number of fused-ring (bicyclic) bond motifs is 2. The molecule has 19 heavy (non-hydrogen) atoms. The van der Waals surface area contributed by atoms with Crippen LogP contribution in [0.4, 0.5) is 5.69 Å². The molecule has 2 aliphatic heterocycles. The quantitative estimate of drug-likeness (QED) is 0.884. The molecule has 0 aliphatic carbocycles. The summed E-state index contributed by atoms with van der Waals surface area (Å²) < 4.78 is 0. The smallest absolute Gasteiger partial charge is 0.236 e. The van der Waals surface area contributed by atoms with Gasteiger partial charge in [-0.25, -0.2) is 0 Å². The molecule has 0 bridgehead atoms. The fraction of sp³-hybridized carbons (Fsp3) is 0.562. The van der Waals surface area contributed by atoms with Gasteiger partial charge < -0.3 is 5.32 Å². The van der Waals surface area contributed by atoms with Crippen LogP contribution in [0.2, 0.25) is 0 Å². The number of benzene rings is 1. The van der Waals surface area contributed by atoms with Crippen LogP contribution in [0.5, 0.6) is 0 Å². The van der Waals surface area contributed by atoms with Crippen molar-refractivity contribution in [2.24, 2.45) is 0 Å². The van der Waals surface area contributed by atoms with Crippen molar-refractivity contribution in [2.75, 3.05) is 18.4 Å². The number of hydrogen-bond acceptors (Lipinski definition) is 2. The van der Waals surface area contributed by atoms with Crippen molar-refractivity contribution < 1.29 is 4.79 Å². The Kier molecular flexibility index (Phi) is 3.09. The molecule has 1 spiro atoms. The van der Waals surface area contributed by atoms with Crippen LogP contribution in [0.25, 0.3) is 0 Å². The van der Waals surface area contributed by atoms with E-state index >= 15 is 0 Å². The number of para-hydroxylation sites is 1. The maximum atomic E-state index is 12.5. The van der Waals surface area contributed by atoms with Crippen molar-refractivity contribution in [3.8, 4) is 0 Å². The molecular formula is C16H22N2O. The minimum atomic E-state index is -0.307. The molecule has 0 aromatic heterocycles. The number of rotatable bonds is 2. The van der Waals surface area contributed by atoms with Gasteiger partial charge in [0, 0.05) is 18.3 Å². The van der Waals surface area contributed by atoms with Crippen molar-refractivity contribution in [1.29, 1.82) is 0 Å². The van der Waals surface area contributed by atoms with Gasteiger partial charge in [0.2, 0.25) is 5.91 Å². The Hall–Kier alpha value is -1.35. The lowest BCUT2D eigenvalue weighted by Crippen LogP contribution is -2.52. The summed E-state index contributed by atoms with van der Waals surface area (Å²) in [4.78, 5) is 15.0. The molecule has 2 aliphatic rings. The number of piperidine rings is 1. The van der Waals surface area contributed by atoms with Gasteiger partial charge in [-0.15, -0.1) is 0 Å². The van der Waals surface area contributed by atoms with E-state index in [0.29, 0.717) is 6.04 Å². The van der Waals surface area contributed by atoms with Crippen molar-refractivity contribution in [2.45, 2.75) is 44.6 Å². The molecule has 2 atom stereocenters. The summed E-state index contributed by atoms with van der Waals surface area (Å²) in [7, 11) is 0. The molecular weight excluding hydrogens is 236 g/mol. The fourth-order valence-electron chi connectivity index (χ4n) is 3.50. The van der Waals surface area contributed by atoms with Gasteiger partial charge in [0.15, 0.2) is 0 Å². The number of nitrogens with one attached hydrogen (secondary N) is 1. The lowest BCUT2D eigenvalue weighted by molar-refractivity contribution is -0.123. The predicted molar refractivity (Wildman–Crippen MR) is 77.3 cm³/mol. The number of amides is 1. The highest BCUT2D eigenvalue weighted by molar-refractivity contribution is 6.06. The molecule has 1 N–H and O–H groups in total. The number of carbonyl (C=O) groups is 1. The molecule has 2 unspecified atom stereocenters. The van der Waals surface area contributed by atoms with E-state index in [2.05, 4.69) is 30.1 Å². The Morgan fingerprint density at radius 2 is 2.21 bits per heavy atom. The average molecular weight is 258 g/mol. The third-order valence-corrected chi connectivity index (χ3v) is 4.86. The van der Waals surface area contributed by atoms with Crippen LogP contribution in [-0.4, -0.2) is 29.9 Å². The third kappa shape index (κ3) is 1.88. The molecule has 102 valence electrons. The van der Waals surface area contributed by atoms with Gasteiger partial charge in [-0.05, 0) is 44.4 Å². The van der Waals surface area contributed by atoms with Crippen LogP contribution >= 0.6 is 0 Å². The van der Waals surface area contributed by atoms with Gasteiger partial charge in [-0.2, -0.15) is 0 Å². The molecule has 1 amide bonds. The van der Waals surface area contributed by atoms with Crippen LogP contribution in [0, 0.1) is 0 Å². The summed E-state index contributed by atoms with van der Waals surface area (Å²) in [5.41, 5.74) is 1.91. The summed E-state index contributed by atoms with van der Waals surface area (Å²) in [6.45, 7) is 6.46. The molecule has 2 heterocycles. The van der Waals surface area contributed by atoms with E-state index in [1.54, 1.807) is 0 Å². The molecule has 0 radical (unpaired) electrons. The first-order valence-electron chi connectivity index (χ1n) is 7.32. The number of hydrogen-bond donors (Lipinski definition) is 1. The largest absolute Gasteiger partial charge is 0.325 e. The Labute approximate surface area is 115 Å². The number of likely N-dealkylation sites (tertiary alicyclic amines) is 1. The lowest BCUT2D eigenvalue weighted by atomic mass is 9.74. The maximum Gasteiger partial charge on any atom is 0.236 e. The van der Waals surface area contributed by atoms with Gasteiger partial charge in [-0.3, -0.25) is 9.69 Å². The molecule has 1 saturated heterocycles. The van der Waals surface area contributed by atoms with Crippen LogP contribution in [0.3, 0.4) is 0 Å². The second kappa shape index (κ2) is 4.64. The molecule has 1 aromatic rings. The summed E-state index contributed by atoms with van der Waals surface area (Å²) >= 11 is 0. The molecule has 1 fully saturated rings. The van der Waals surface area contributed by atoms with Gasteiger partial charge in [0.05, 0.1) is 5.41 Å². The van der Waals surface area contributed by atoms with Crippen LogP contribution in [0.1, 0.15) is 38.7 Å². The lowest BCUT2D eigenvalue weighted by Gasteiger charge is -2.41. The zero-order valence-electron chi connectivity index (χ0n) is 11.8. The first kappa shape index (κ1) is 12.7. The van der Waals surface area contributed by atoms with E-state index in [1.807, 2.05) is 18.2 Å². The second-order valence-electron chi connectivity index (χ2n) is 5.91. The van der Waals surface area contributed by atoms with E-state index in [1.165, 1.54) is 5.56 Å². The Morgan fingerprint density at radius 1 is 1.42 bits per heavy atom. The molecule has 1 aromatic carbocycles. The molecule has 3 nitrogen and oxygen atoms in total. The topological polar surface area (TPSA) is 32.3 Å². The maximum absolute atomic E-state index is 12.5. The van der Waals surface area contributed by atoms with Crippen molar-refractivity contribution in [1.82, 2.24) is 4.90 Å². The number of carbonyl (C=O) groups excluding carboxylic acids is 1. The highest BCUT2D eigenvalue weighted by Crippen LogP contribution is 2.43. The summed E-state index contributed by atoms with van der Waals surface area (Å²) in [6.07, 6.45) is 3.22. The zero-order chi connectivity index (χ0) is 13.5. The van der Waals surface area contributed by atoms with Crippen LogP contribution < -0.4 is 5.32 Å². The minimum absolute atomic E-state index is 0.196. The summed E-state index contributed by atoms with van der Waals surface area (Å²) in [5.74, 6) is 0.196. The van der Waals surface area contributed by atoms with Crippen LogP contribution in [0.15, 0.2) is 24.3 Å². The fourth-order valence-corrected chi connectivity index (χ4v) is 3.50. The Bertz CT molecular complexity index is 499. The molecule has 0 saturated carbocycles. The monoisotopic (exact) mass is 258 g/mol. The SMILES string of the molecule is CCC(C)N1CCCC2(C1)C(=O)Nc1ccccc12. The highest BCUT2D eigenvalue weighted by Gasteiger charge is 2.49. The normalized spacial score (nSPS) is 28.2. The van der Waals surface area contributed by atoms with E-state index in [0.717, 1.165) is 38.0 Å². The highest BCUT2D eigenvalue weighted by atomic mass is 16.2. The van der Waals surface area contributed by atoms with Gasteiger partial charge in [0.25, 0.3) is 0 Å². The van der Waals surface area contributed by atoms with Crippen molar-refractivity contribution in [3.63, 3.8) is 0 Å². The van der Waals surface area contributed by atoms with E-state index in [9.17, 15) is 4.79 Å². The minimum Gasteiger partial charge on any atom is -0.325 e. The molecule has 3 heteroatoms. The first-order chi connectivity index (χ1) is 9.17. The van der Waals surface area contributed by atoms with Crippen molar-refractivity contribution >= 4 is 11.6 Å². The van der Waals surface area contributed by atoms with Crippen molar-refractivity contribution in [3.05, 3.63) is 29.8 Å². The Balaban J connectivity index is 1.96. The second-order valence-corrected chi connectivity index (χ2v) is 5.91. The van der Waals surface area contributed by atoms with E-state index in [-0.39, 0.29) is 11.3 Å². The Morgan fingerprint density at radius 3 is 3.00 bits per heavy atom. The van der Waals surface area contributed by atoms with Crippen LogP contribution in [-0.2, 0) is 10.2 Å². The van der Waals surface area contributed by atoms with E-state index < -0.39 is 0 Å². The summed E-state index contributed by atoms with van der Waals surface area (Å²) in [5, 5.41) is 3.07. The van der Waals surface area contributed by atoms with E-state index in [4.69, 9.17) is 0 Å². The van der Waals surface area contributed by atoms with Gasteiger partial charge >= 0.3 is 0 Å². The first-order valence-corrected chi connectivity index (χ1v) is 7.32. The zero-order valence-corrected chi connectivity index (χ0v) is 11.8. The summed E-state index contributed by atoms with van der Waals surface area (Å²) in [6, 6.07) is 8.73. The number of nitrogens with zero attached hydrogens (tertiary/aromatic N) is 1. The van der Waals surface area contributed by atoms with Gasteiger partial charge in [-0.1, -0.05) is 25.1 Å². The average Bonchev–Trinajstić information content (AvgIpc) is 2.71. The predicted octanol–water partition coefficient (Wildman–Crippen LogP) is 2.77. The number of anilines is 1. The third-order valence-electron chi connectivity index (χ3n) is 4.86. The molecule has 3 rings (SSSR count).